The van der Waals surface area contributed by atoms with Gasteiger partial charge in [-0.2, -0.15) is 5.10 Å². The summed E-state index contributed by atoms with van der Waals surface area (Å²) in [4.78, 5) is 13.4. The largest absolute Gasteiger partial charge is 0.357 e. The van der Waals surface area contributed by atoms with Gasteiger partial charge in [-0.05, 0) is 32.4 Å². The number of fused-ring (bicyclic) bond motifs is 1. The van der Waals surface area contributed by atoms with Crippen LogP contribution in [0.25, 0.3) is 11.0 Å². The predicted molar refractivity (Wildman–Crippen MR) is 103 cm³/mol. The monoisotopic (exact) mass is 354 g/mol. The molecule has 0 radical (unpaired) electrons. The van der Waals surface area contributed by atoms with E-state index in [1.54, 1.807) is 11.0 Å². The summed E-state index contributed by atoms with van der Waals surface area (Å²) in [5.41, 5.74) is 2.24. The van der Waals surface area contributed by atoms with Crippen LogP contribution in [0.3, 0.4) is 0 Å². The number of para-hydroxylation sites is 2. The third kappa shape index (κ3) is 4.19. The zero-order valence-electron chi connectivity index (χ0n) is 15.6. The minimum Gasteiger partial charge on any atom is -0.357 e. The number of nitrogens with zero attached hydrogens (tertiary/aromatic N) is 6. The molecule has 0 amide bonds. The highest BCUT2D eigenvalue weighted by Gasteiger charge is 2.06. The summed E-state index contributed by atoms with van der Waals surface area (Å²) >= 11 is 0. The number of guanidine groups is 1. The van der Waals surface area contributed by atoms with Gasteiger partial charge in [0, 0.05) is 26.7 Å². The maximum absolute atomic E-state index is 4.61. The van der Waals surface area contributed by atoms with Crippen LogP contribution in [0.4, 0.5) is 0 Å². The van der Waals surface area contributed by atoms with Gasteiger partial charge in [-0.15, -0.1) is 0 Å². The van der Waals surface area contributed by atoms with Crippen LogP contribution in [-0.4, -0.2) is 43.4 Å². The fraction of sp³-hybridized carbons (Fsp3) is 0.444. The lowest BCUT2D eigenvalue weighted by molar-refractivity contribution is 0.623. The van der Waals surface area contributed by atoms with Crippen molar-refractivity contribution in [2.24, 2.45) is 12.0 Å². The topological polar surface area (TPSA) is 85.0 Å². The van der Waals surface area contributed by atoms with Gasteiger partial charge in [-0.25, -0.2) is 15.0 Å². The zero-order valence-corrected chi connectivity index (χ0v) is 15.6. The van der Waals surface area contributed by atoms with Gasteiger partial charge < -0.3 is 15.2 Å². The normalized spacial score (nSPS) is 11.9. The lowest BCUT2D eigenvalue weighted by atomic mass is 10.3. The minimum atomic E-state index is 0.497. The van der Waals surface area contributed by atoms with Crippen molar-refractivity contribution < 1.29 is 0 Å². The van der Waals surface area contributed by atoms with Crippen molar-refractivity contribution in [1.82, 2.24) is 34.9 Å². The van der Waals surface area contributed by atoms with Gasteiger partial charge in [0.15, 0.2) is 5.96 Å². The van der Waals surface area contributed by atoms with E-state index in [2.05, 4.69) is 67.3 Å². The highest BCUT2D eigenvalue weighted by molar-refractivity contribution is 5.79. The van der Waals surface area contributed by atoms with Crippen LogP contribution in [0, 0.1) is 6.92 Å². The van der Waals surface area contributed by atoms with Crippen molar-refractivity contribution in [2.75, 3.05) is 13.1 Å². The molecule has 0 aliphatic rings. The molecule has 8 nitrogen and oxygen atoms in total. The summed E-state index contributed by atoms with van der Waals surface area (Å²) in [5.74, 6) is 2.68. The number of benzene rings is 1. The summed E-state index contributed by atoms with van der Waals surface area (Å²) in [6, 6.07) is 8.26. The third-order valence-corrected chi connectivity index (χ3v) is 4.22. The Bertz CT molecular complexity index is 876. The molecule has 0 unspecified atom stereocenters. The lowest BCUT2D eigenvalue weighted by Crippen LogP contribution is -2.38. The first-order chi connectivity index (χ1) is 12.7. The van der Waals surface area contributed by atoms with Crippen molar-refractivity contribution in [1.29, 1.82) is 0 Å². The van der Waals surface area contributed by atoms with Gasteiger partial charge in [0.1, 0.15) is 24.5 Å². The van der Waals surface area contributed by atoms with Gasteiger partial charge in [-0.3, -0.25) is 4.68 Å². The Balaban J connectivity index is 1.54. The van der Waals surface area contributed by atoms with Crippen LogP contribution in [0.15, 0.2) is 35.6 Å². The second-order valence-electron chi connectivity index (χ2n) is 6.07. The molecular weight excluding hydrogens is 328 g/mol. The molecule has 0 aliphatic heterocycles. The smallest absolute Gasteiger partial charge is 0.191 e. The van der Waals surface area contributed by atoms with Crippen LogP contribution in [-0.2, 0) is 20.1 Å². The molecule has 0 fully saturated rings. The van der Waals surface area contributed by atoms with E-state index in [9.17, 15) is 0 Å². The zero-order chi connectivity index (χ0) is 18.4. The van der Waals surface area contributed by atoms with E-state index in [0.29, 0.717) is 6.54 Å². The standard InChI is InChI=1S/C18H26N8/c1-4-19-18(21-12-17-22-13-23-25(17)3)20-10-7-11-26-14(2)24-15-8-5-6-9-16(15)26/h5-6,8-9,13H,4,7,10-12H2,1-3H3,(H2,19,20,21). The van der Waals surface area contributed by atoms with Gasteiger partial charge in [0.05, 0.1) is 11.0 Å². The highest BCUT2D eigenvalue weighted by Crippen LogP contribution is 2.15. The van der Waals surface area contributed by atoms with Crippen LogP contribution >= 0.6 is 0 Å². The molecule has 0 saturated carbocycles. The van der Waals surface area contributed by atoms with Crippen LogP contribution < -0.4 is 10.6 Å². The van der Waals surface area contributed by atoms with Crippen molar-refractivity contribution in [3.05, 3.63) is 42.2 Å². The number of aliphatic imine (C=N–C) groups is 1. The third-order valence-electron chi connectivity index (χ3n) is 4.22. The molecule has 26 heavy (non-hydrogen) atoms. The second-order valence-corrected chi connectivity index (χ2v) is 6.07. The van der Waals surface area contributed by atoms with E-state index >= 15 is 0 Å². The molecule has 0 bridgehead atoms. The fourth-order valence-electron chi connectivity index (χ4n) is 2.88. The summed E-state index contributed by atoms with van der Waals surface area (Å²) in [6.07, 6.45) is 2.53. The Hall–Kier alpha value is -2.90. The van der Waals surface area contributed by atoms with E-state index in [1.165, 1.54) is 5.52 Å². The van der Waals surface area contributed by atoms with Gasteiger partial charge in [0.2, 0.25) is 0 Å². The summed E-state index contributed by atoms with van der Waals surface area (Å²) in [6.45, 7) is 7.17. The molecule has 138 valence electrons. The first-order valence-corrected chi connectivity index (χ1v) is 8.96. The first-order valence-electron chi connectivity index (χ1n) is 8.96. The van der Waals surface area contributed by atoms with Crippen molar-refractivity contribution >= 4 is 17.0 Å². The van der Waals surface area contributed by atoms with Crippen LogP contribution in [0.2, 0.25) is 0 Å². The number of hydrogen-bond donors (Lipinski definition) is 2. The molecule has 1 aromatic carbocycles. The SMILES string of the molecule is CCNC(=NCc1ncnn1C)NCCCn1c(C)nc2ccccc21. The van der Waals surface area contributed by atoms with E-state index in [1.807, 2.05) is 13.1 Å². The number of hydrogen-bond acceptors (Lipinski definition) is 4. The number of aryl methyl sites for hydroxylation is 3. The molecule has 3 aromatic rings. The van der Waals surface area contributed by atoms with Gasteiger partial charge in [-0.1, -0.05) is 12.1 Å². The summed E-state index contributed by atoms with van der Waals surface area (Å²) in [7, 11) is 1.87. The predicted octanol–water partition coefficient (Wildman–Crippen LogP) is 1.62. The molecule has 2 N–H and O–H groups in total. The number of rotatable bonds is 7. The quantitative estimate of drug-likeness (QED) is 0.383. The second kappa shape index (κ2) is 8.46. The molecule has 0 aliphatic carbocycles. The first kappa shape index (κ1) is 17.9. The van der Waals surface area contributed by atoms with Crippen molar-refractivity contribution in [3.63, 3.8) is 0 Å². The molecular formula is C18H26N8. The fourth-order valence-corrected chi connectivity index (χ4v) is 2.88. The van der Waals surface area contributed by atoms with Crippen LogP contribution in [0.5, 0.6) is 0 Å². The van der Waals surface area contributed by atoms with E-state index in [4.69, 9.17) is 0 Å². The maximum atomic E-state index is 4.61. The van der Waals surface area contributed by atoms with Crippen molar-refractivity contribution in [2.45, 2.75) is 33.4 Å². The number of aromatic nitrogens is 5. The van der Waals surface area contributed by atoms with Crippen LogP contribution in [0.1, 0.15) is 25.0 Å². The average molecular weight is 354 g/mol. The Labute approximate surface area is 153 Å². The van der Waals surface area contributed by atoms with Crippen molar-refractivity contribution in [3.8, 4) is 0 Å². The molecule has 0 saturated heterocycles. The van der Waals surface area contributed by atoms with E-state index in [-0.39, 0.29) is 0 Å². The Morgan fingerprint density at radius 3 is 2.85 bits per heavy atom. The van der Waals surface area contributed by atoms with E-state index < -0.39 is 0 Å². The Morgan fingerprint density at radius 2 is 2.08 bits per heavy atom. The molecule has 2 aromatic heterocycles. The van der Waals surface area contributed by atoms with Gasteiger partial charge >= 0.3 is 0 Å². The lowest BCUT2D eigenvalue weighted by Gasteiger charge is -2.12. The number of nitrogens with one attached hydrogen (secondary N) is 2. The number of imidazole rings is 1. The summed E-state index contributed by atoms with van der Waals surface area (Å²) < 4.78 is 4.00. The Morgan fingerprint density at radius 1 is 1.23 bits per heavy atom. The molecule has 0 spiro atoms. The Kier molecular flexibility index (Phi) is 5.83. The van der Waals surface area contributed by atoms with Gasteiger partial charge in [0.25, 0.3) is 0 Å². The molecule has 3 rings (SSSR count). The van der Waals surface area contributed by atoms with E-state index in [0.717, 1.165) is 49.2 Å². The molecule has 2 heterocycles. The summed E-state index contributed by atoms with van der Waals surface area (Å²) in [5, 5.41) is 10.7. The maximum Gasteiger partial charge on any atom is 0.191 e. The minimum absolute atomic E-state index is 0.497. The molecule has 8 heteroatoms. The highest BCUT2D eigenvalue weighted by atomic mass is 15.3. The average Bonchev–Trinajstić information content (AvgIpc) is 3.19. The molecule has 0 atom stereocenters.